The Morgan fingerprint density at radius 1 is 1.02 bits per heavy atom. The first-order valence-corrected chi connectivity index (χ1v) is 15.4. The summed E-state index contributed by atoms with van der Waals surface area (Å²) in [7, 11) is 1.55. The number of benzene rings is 2. The van der Waals surface area contributed by atoms with Gasteiger partial charge in [0.05, 0.1) is 25.7 Å². The number of aliphatic carboxylic acids is 1. The molecule has 2 aromatic heterocycles. The van der Waals surface area contributed by atoms with E-state index in [2.05, 4.69) is 25.2 Å². The summed E-state index contributed by atoms with van der Waals surface area (Å²) >= 11 is 0. The van der Waals surface area contributed by atoms with E-state index < -0.39 is 18.0 Å². The van der Waals surface area contributed by atoms with Crippen molar-refractivity contribution < 1.29 is 33.7 Å². The number of hydrogen-bond donors (Lipinski definition) is 3. The van der Waals surface area contributed by atoms with Crippen LogP contribution in [-0.2, 0) is 17.8 Å². The smallest absolute Gasteiger partial charge is 0.415 e. The molecule has 0 atom stereocenters. The van der Waals surface area contributed by atoms with Gasteiger partial charge in [0.1, 0.15) is 17.1 Å². The lowest BCUT2D eigenvalue weighted by Crippen LogP contribution is -2.49. The average molecular weight is 658 g/mol. The third-order valence-corrected chi connectivity index (χ3v) is 8.02. The fourth-order valence-corrected chi connectivity index (χ4v) is 5.59. The fourth-order valence-electron chi connectivity index (χ4n) is 5.59. The van der Waals surface area contributed by atoms with E-state index in [0.29, 0.717) is 74.2 Å². The standard InChI is InChI=1S/C32H35N9O7/c1-46-27-24(8-7-23-26(27)37-31(41-11-9-34-28(23)41)38-29(44)21-18-35-30(33)36-19-21)47-16-2-10-39-12-14-40(15-13-39)32(45)48-22-5-3-20(4-6-22)17-25(42)43/h3-8,18-19,34H,2,9-17H2,1H3,(H,42,43)(H2,33,35,36). The predicted molar refractivity (Wildman–Crippen MR) is 173 cm³/mol. The van der Waals surface area contributed by atoms with Crippen molar-refractivity contribution >= 4 is 40.6 Å². The molecule has 4 heterocycles. The number of nitrogens with zero attached hydrogens (tertiary/aromatic N) is 7. The van der Waals surface area contributed by atoms with Gasteiger partial charge in [0.15, 0.2) is 11.5 Å². The molecule has 0 aliphatic carbocycles. The van der Waals surface area contributed by atoms with Gasteiger partial charge in [0, 0.05) is 63.6 Å². The molecule has 1 fully saturated rings. The number of carboxylic acid groups (broad SMARTS) is 1. The van der Waals surface area contributed by atoms with E-state index >= 15 is 0 Å². The molecule has 0 bridgehead atoms. The van der Waals surface area contributed by atoms with Gasteiger partial charge in [-0.15, -0.1) is 0 Å². The molecule has 2 amide bonds. The quantitative estimate of drug-likeness (QED) is 0.209. The van der Waals surface area contributed by atoms with Gasteiger partial charge in [-0.2, -0.15) is 4.99 Å². The molecule has 16 heteroatoms. The number of rotatable bonds is 10. The summed E-state index contributed by atoms with van der Waals surface area (Å²) in [4.78, 5) is 57.0. The van der Waals surface area contributed by atoms with Crippen LogP contribution in [0, 0.1) is 0 Å². The second kappa shape index (κ2) is 14.3. The van der Waals surface area contributed by atoms with Gasteiger partial charge in [-0.25, -0.2) is 19.7 Å². The minimum absolute atomic E-state index is 0.0633. The van der Waals surface area contributed by atoms with Crippen molar-refractivity contribution in [1.29, 1.82) is 0 Å². The number of nitrogens with two attached hydrogens (primary N) is 1. The minimum atomic E-state index is -0.918. The zero-order chi connectivity index (χ0) is 33.6. The molecule has 2 aliphatic heterocycles. The lowest BCUT2D eigenvalue weighted by atomic mass is 10.1. The summed E-state index contributed by atoms with van der Waals surface area (Å²) in [5.74, 6) is 0.714. The number of nitrogen functional groups attached to an aromatic ring is 1. The maximum Gasteiger partial charge on any atom is 0.415 e. The van der Waals surface area contributed by atoms with Crippen molar-refractivity contribution in [2.24, 2.45) is 4.99 Å². The van der Waals surface area contributed by atoms with Crippen LogP contribution in [0.25, 0.3) is 10.9 Å². The maximum atomic E-state index is 12.9. The first-order chi connectivity index (χ1) is 23.3. The van der Waals surface area contributed by atoms with Crippen molar-refractivity contribution in [2.75, 3.05) is 64.0 Å². The van der Waals surface area contributed by atoms with Crippen molar-refractivity contribution in [3.63, 3.8) is 0 Å². The highest BCUT2D eigenvalue weighted by Gasteiger charge is 2.24. The van der Waals surface area contributed by atoms with Gasteiger partial charge >= 0.3 is 12.1 Å². The van der Waals surface area contributed by atoms with Crippen LogP contribution in [0.2, 0.25) is 0 Å². The van der Waals surface area contributed by atoms with E-state index in [0.717, 1.165) is 24.2 Å². The molecule has 4 N–H and O–H groups in total. The Morgan fingerprint density at radius 2 is 1.77 bits per heavy atom. The van der Waals surface area contributed by atoms with Crippen molar-refractivity contribution in [1.82, 2.24) is 29.3 Å². The molecule has 2 aliphatic rings. The van der Waals surface area contributed by atoms with E-state index in [1.165, 1.54) is 12.4 Å². The summed E-state index contributed by atoms with van der Waals surface area (Å²) in [6.07, 6.45) is 2.87. The molecular formula is C32H35N9O7. The highest BCUT2D eigenvalue weighted by molar-refractivity contribution is 5.96. The van der Waals surface area contributed by atoms with Crippen LogP contribution in [-0.4, -0.2) is 105 Å². The topological polar surface area (TPSA) is 200 Å². The first-order valence-electron chi connectivity index (χ1n) is 15.4. The minimum Gasteiger partial charge on any atom is -0.491 e. The van der Waals surface area contributed by atoms with Crippen molar-refractivity contribution in [2.45, 2.75) is 19.4 Å². The second-order valence-electron chi connectivity index (χ2n) is 11.2. The van der Waals surface area contributed by atoms with Gasteiger partial charge in [-0.05, 0) is 36.2 Å². The lowest BCUT2D eigenvalue weighted by molar-refractivity contribution is -0.136. The predicted octanol–water partition coefficient (Wildman–Crippen LogP) is 1.80. The highest BCUT2D eigenvalue weighted by atomic mass is 16.6. The molecule has 250 valence electrons. The number of carboxylic acids is 1. The molecule has 0 unspecified atom stereocenters. The van der Waals surface area contributed by atoms with E-state index in [9.17, 15) is 14.4 Å². The van der Waals surface area contributed by atoms with Crippen molar-refractivity contribution in [3.05, 3.63) is 65.5 Å². The molecular weight excluding hydrogens is 622 g/mol. The Labute approximate surface area is 274 Å². The zero-order valence-corrected chi connectivity index (χ0v) is 26.3. The van der Waals surface area contributed by atoms with Gasteiger partial charge in [0.2, 0.25) is 11.6 Å². The molecule has 16 nitrogen and oxygen atoms in total. The summed E-state index contributed by atoms with van der Waals surface area (Å²) in [6.45, 7) is 4.88. The van der Waals surface area contributed by atoms with Crippen LogP contribution < -0.4 is 30.9 Å². The van der Waals surface area contributed by atoms with Gasteiger partial charge in [0.25, 0.3) is 5.91 Å². The zero-order valence-electron chi connectivity index (χ0n) is 26.3. The van der Waals surface area contributed by atoms with Crippen LogP contribution in [0.4, 0.5) is 16.6 Å². The number of ether oxygens (including phenoxy) is 3. The Kier molecular flexibility index (Phi) is 9.61. The van der Waals surface area contributed by atoms with E-state index in [1.807, 2.05) is 16.7 Å². The molecule has 4 aromatic rings. The van der Waals surface area contributed by atoms with Crippen LogP contribution in [0.15, 0.2) is 53.8 Å². The monoisotopic (exact) mass is 657 g/mol. The van der Waals surface area contributed by atoms with Gasteiger partial charge in [-0.1, -0.05) is 12.1 Å². The number of fused-ring (bicyclic) bond motifs is 3. The molecule has 0 radical (unpaired) electrons. The first kappa shape index (κ1) is 32.2. The van der Waals surface area contributed by atoms with Crippen molar-refractivity contribution in [3.8, 4) is 17.2 Å². The highest BCUT2D eigenvalue weighted by Crippen LogP contribution is 2.37. The summed E-state index contributed by atoms with van der Waals surface area (Å²) < 4.78 is 19.2. The Balaban J connectivity index is 1.05. The van der Waals surface area contributed by atoms with E-state index in [-0.39, 0.29) is 23.6 Å². The number of amides is 2. The summed E-state index contributed by atoms with van der Waals surface area (Å²) in [6, 6.07) is 10.2. The number of anilines is 2. The molecule has 0 saturated carbocycles. The summed E-state index contributed by atoms with van der Waals surface area (Å²) in [5.41, 5.74) is 7.10. The number of hydrogen-bond acceptors (Lipinski definition) is 12. The van der Waals surface area contributed by atoms with Gasteiger partial charge < -0.3 is 35.3 Å². The SMILES string of the molecule is COc1c(OCCCN2CCN(C(=O)Oc3ccc(CC(=O)O)cc3)CC2)ccc2c3n(c(=NC(=O)c4cnc(N)nc4)nc12)CCN3. The molecule has 48 heavy (non-hydrogen) atoms. The molecule has 2 aromatic carbocycles. The number of carbonyl (C=O) groups is 3. The van der Waals surface area contributed by atoms with Crippen LogP contribution in [0.1, 0.15) is 22.3 Å². The lowest BCUT2D eigenvalue weighted by Gasteiger charge is -2.34. The van der Waals surface area contributed by atoms with Crippen LogP contribution in [0.3, 0.4) is 0 Å². The van der Waals surface area contributed by atoms with E-state index in [4.69, 9.17) is 30.0 Å². The molecule has 0 spiro atoms. The van der Waals surface area contributed by atoms with Gasteiger partial charge in [-0.3, -0.25) is 19.1 Å². The van der Waals surface area contributed by atoms with Crippen LogP contribution >= 0.6 is 0 Å². The number of aromatic nitrogens is 4. The third-order valence-electron chi connectivity index (χ3n) is 8.02. The maximum absolute atomic E-state index is 12.9. The molecule has 6 rings (SSSR count). The average Bonchev–Trinajstić information content (AvgIpc) is 3.59. The number of methoxy groups -OCH3 is 1. The Hall–Kier alpha value is -5.77. The summed E-state index contributed by atoms with van der Waals surface area (Å²) in [5, 5.41) is 13.1. The third kappa shape index (κ3) is 7.28. The number of nitrogens with one attached hydrogen (secondary N) is 1. The molecule has 1 saturated heterocycles. The van der Waals surface area contributed by atoms with E-state index in [1.54, 1.807) is 36.3 Å². The van der Waals surface area contributed by atoms with Crippen LogP contribution in [0.5, 0.6) is 17.2 Å². The number of carbonyl (C=O) groups excluding carboxylic acids is 2. The second-order valence-corrected chi connectivity index (χ2v) is 11.2. The fraction of sp³-hybridized carbons (Fsp3) is 0.344. The largest absolute Gasteiger partial charge is 0.491 e. The number of piperazine rings is 1. The Morgan fingerprint density at radius 3 is 2.48 bits per heavy atom. The Bertz CT molecular complexity index is 1890. The normalized spacial score (nSPS) is 14.8.